The summed E-state index contributed by atoms with van der Waals surface area (Å²) in [6.07, 6.45) is 2.59. The number of fused-ring (bicyclic) bond motifs is 1. The van der Waals surface area contributed by atoms with E-state index in [0.717, 1.165) is 83.6 Å². The number of benzene rings is 3. The van der Waals surface area contributed by atoms with Gasteiger partial charge < -0.3 is 24.6 Å². The van der Waals surface area contributed by atoms with Crippen LogP contribution in [0.4, 0.5) is 15.3 Å². The molecule has 4 aromatic rings. The fourth-order valence-corrected chi connectivity index (χ4v) is 5.09. The number of hydrogen-bond acceptors (Lipinski definition) is 4. The fourth-order valence-electron chi connectivity index (χ4n) is 5.09. The zero-order chi connectivity index (χ0) is 26.6. The number of para-hydroxylation sites is 1. The SMILES string of the molecule is CCCc1nc2c(C)cc(NC(=O)N3CCCC3)cc2n1Cc1ccc(-c2ccccc2OC(=O)O)cc1. The average molecular weight is 513 g/mol. The number of aryl methyl sites for hydroxylation is 2. The predicted molar refractivity (Wildman–Crippen MR) is 148 cm³/mol. The van der Waals surface area contributed by atoms with E-state index >= 15 is 0 Å². The van der Waals surface area contributed by atoms with Crippen molar-refractivity contribution in [1.82, 2.24) is 14.5 Å². The Labute approximate surface area is 221 Å². The van der Waals surface area contributed by atoms with Gasteiger partial charge in [-0.1, -0.05) is 49.4 Å². The number of nitrogens with one attached hydrogen (secondary N) is 1. The minimum atomic E-state index is -1.34. The smallest absolute Gasteiger partial charge is 0.449 e. The highest BCUT2D eigenvalue weighted by molar-refractivity contribution is 5.93. The molecule has 2 N–H and O–H groups in total. The van der Waals surface area contributed by atoms with Crippen molar-refractivity contribution in [3.05, 3.63) is 77.6 Å². The number of amides is 2. The lowest BCUT2D eigenvalue weighted by atomic mass is 10.0. The van der Waals surface area contributed by atoms with E-state index in [1.807, 2.05) is 60.4 Å². The lowest BCUT2D eigenvalue weighted by Crippen LogP contribution is -2.32. The number of aromatic nitrogens is 2. The second-order valence-corrected chi connectivity index (χ2v) is 9.71. The quantitative estimate of drug-likeness (QED) is 0.212. The van der Waals surface area contributed by atoms with Gasteiger partial charge in [0.1, 0.15) is 11.6 Å². The van der Waals surface area contributed by atoms with Gasteiger partial charge >= 0.3 is 12.2 Å². The molecule has 0 atom stereocenters. The largest absolute Gasteiger partial charge is 0.511 e. The fraction of sp³-hybridized carbons (Fsp3) is 0.300. The number of imidazole rings is 1. The van der Waals surface area contributed by atoms with E-state index in [-0.39, 0.29) is 6.03 Å². The number of urea groups is 1. The molecule has 0 bridgehead atoms. The van der Waals surface area contributed by atoms with Gasteiger partial charge in [0, 0.05) is 37.3 Å². The van der Waals surface area contributed by atoms with Crippen molar-refractivity contribution in [1.29, 1.82) is 0 Å². The van der Waals surface area contributed by atoms with Crippen LogP contribution >= 0.6 is 0 Å². The summed E-state index contributed by atoms with van der Waals surface area (Å²) in [7, 11) is 0. The van der Waals surface area contributed by atoms with Crippen molar-refractivity contribution in [3.63, 3.8) is 0 Å². The molecule has 0 aliphatic carbocycles. The van der Waals surface area contributed by atoms with E-state index in [2.05, 4.69) is 16.8 Å². The van der Waals surface area contributed by atoms with E-state index in [4.69, 9.17) is 14.8 Å². The first-order valence-electron chi connectivity index (χ1n) is 13.1. The van der Waals surface area contributed by atoms with Crippen LogP contribution in [0.2, 0.25) is 0 Å². The third-order valence-electron chi connectivity index (χ3n) is 6.93. The monoisotopic (exact) mass is 512 g/mol. The van der Waals surface area contributed by atoms with Crippen LogP contribution < -0.4 is 10.1 Å². The van der Waals surface area contributed by atoms with E-state index in [1.165, 1.54) is 0 Å². The molecule has 2 amide bonds. The van der Waals surface area contributed by atoms with Crippen LogP contribution in [0.5, 0.6) is 5.75 Å². The van der Waals surface area contributed by atoms with E-state index < -0.39 is 6.16 Å². The molecule has 38 heavy (non-hydrogen) atoms. The number of ether oxygens (including phenoxy) is 1. The van der Waals surface area contributed by atoms with Gasteiger partial charge in [0.05, 0.1) is 11.0 Å². The molecule has 1 saturated heterocycles. The van der Waals surface area contributed by atoms with Crippen molar-refractivity contribution >= 4 is 28.9 Å². The Morgan fingerprint density at radius 2 is 1.79 bits per heavy atom. The van der Waals surface area contributed by atoms with Gasteiger partial charge in [-0.25, -0.2) is 14.6 Å². The molecule has 0 unspecified atom stereocenters. The lowest BCUT2D eigenvalue weighted by Gasteiger charge is -2.17. The molecule has 1 fully saturated rings. The maximum absolute atomic E-state index is 12.7. The first kappa shape index (κ1) is 25.3. The normalized spacial score (nSPS) is 13.2. The second-order valence-electron chi connectivity index (χ2n) is 9.71. The summed E-state index contributed by atoms with van der Waals surface area (Å²) in [5, 5.41) is 12.2. The molecule has 8 heteroatoms. The van der Waals surface area contributed by atoms with Crippen LogP contribution in [0.1, 0.15) is 43.1 Å². The number of nitrogens with zero attached hydrogens (tertiary/aromatic N) is 3. The summed E-state index contributed by atoms with van der Waals surface area (Å²) in [6.45, 7) is 6.40. The van der Waals surface area contributed by atoms with Crippen LogP contribution in [0.3, 0.4) is 0 Å². The van der Waals surface area contributed by atoms with Gasteiger partial charge in [0.2, 0.25) is 0 Å². The molecular weight excluding hydrogens is 480 g/mol. The molecule has 0 spiro atoms. The van der Waals surface area contributed by atoms with Gasteiger partial charge in [-0.15, -0.1) is 0 Å². The molecule has 5 rings (SSSR count). The van der Waals surface area contributed by atoms with Crippen molar-refractivity contribution in [2.45, 2.75) is 46.1 Å². The molecule has 1 aromatic heterocycles. The average Bonchev–Trinajstić information content (AvgIpc) is 3.55. The van der Waals surface area contributed by atoms with Gasteiger partial charge in [-0.3, -0.25) is 0 Å². The third kappa shape index (κ3) is 5.34. The summed E-state index contributed by atoms with van der Waals surface area (Å²) in [6, 6.07) is 19.1. The van der Waals surface area contributed by atoms with Gasteiger partial charge in [-0.2, -0.15) is 0 Å². The predicted octanol–water partition coefficient (Wildman–Crippen LogP) is 6.70. The Morgan fingerprint density at radius 1 is 1.05 bits per heavy atom. The molecule has 2 heterocycles. The zero-order valence-corrected chi connectivity index (χ0v) is 21.7. The lowest BCUT2D eigenvalue weighted by molar-refractivity contribution is 0.144. The summed E-state index contributed by atoms with van der Waals surface area (Å²) in [4.78, 5) is 30.7. The van der Waals surface area contributed by atoms with Crippen LogP contribution in [0, 0.1) is 6.92 Å². The highest BCUT2D eigenvalue weighted by Gasteiger charge is 2.19. The summed E-state index contributed by atoms with van der Waals surface area (Å²) >= 11 is 0. The van der Waals surface area contributed by atoms with Crippen molar-refractivity contribution in [3.8, 4) is 16.9 Å². The van der Waals surface area contributed by atoms with Gasteiger partial charge in [-0.05, 0) is 61.1 Å². The minimum absolute atomic E-state index is 0.0520. The zero-order valence-electron chi connectivity index (χ0n) is 21.7. The molecule has 196 valence electrons. The number of hydrogen-bond donors (Lipinski definition) is 2. The minimum Gasteiger partial charge on any atom is -0.449 e. The van der Waals surface area contributed by atoms with Crippen molar-refractivity contribution < 1.29 is 19.4 Å². The summed E-state index contributed by atoms with van der Waals surface area (Å²) in [5.74, 6) is 1.32. The Morgan fingerprint density at radius 3 is 2.50 bits per heavy atom. The van der Waals surface area contributed by atoms with Gasteiger partial charge in [0.15, 0.2) is 0 Å². The van der Waals surface area contributed by atoms with E-state index in [9.17, 15) is 9.59 Å². The molecule has 1 aliphatic heterocycles. The first-order chi connectivity index (χ1) is 18.4. The van der Waals surface area contributed by atoms with Gasteiger partial charge in [0.25, 0.3) is 0 Å². The maximum atomic E-state index is 12.7. The molecule has 0 saturated carbocycles. The number of likely N-dealkylation sites (tertiary alicyclic amines) is 1. The summed E-state index contributed by atoms with van der Waals surface area (Å²) < 4.78 is 7.19. The summed E-state index contributed by atoms with van der Waals surface area (Å²) in [5.41, 5.74) is 6.43. The molecule has 8 nitrogen and oxygen atoms in total. The molecule has 0 radical (unpaired) electrons. The Kier molecular flexibility index (Phi) is 7.31. The van der Waals surface area contributed by atoms with Crippen LogP contribution in [0.15, 0.2) is 60.7 Å². The van der Waals surface area contributed by atoms with Crippen LogP contribution in [-0.4, -0.2) is 44.8 Å². The molecule has 1 aliphatic rings. The molecule has 3 aromatic carbocycles. The van der Waals surface area contributed by atoms with Crippen LogP contribution in [-0.2, 0) is 13.0 Å². The number of carbonyl (C=O) groups excluding carboxylic acids is 1. The Hall–Kier alpha value is -4.33. The second kappa shape index (κ2) is 11.0. The first-order valence-corrected chi connectivity index (χ1v) is 13.1. The van der Waals surface area contributed by atoms with Crippen LogP contribution in [0.25, 0.3) is 22.2 Å². The third-order valence-corrected chi connectivity index (χ3v) is 6.93. The molecular formula is C30H32N4O4. The van der Waals surface area contributed by atoms with E-state index in [1.54, 1.807) is 12.1 Å². The van der Waals surface area contributed by atoms with E-state index in [0.29, 0.717) is 12.3 Å². The Balaban J connectivity index is 1.45. The highest BCUT2D eigenvalue weighted by atomic mass is 16.7. The topological polar surface area (TPSA) is 96.7 Å². The number of carbonyl (C=O) groups is 2. The highest BCUT2D eigenvalue weighted by Crippen LogP contribution is 2.31. The standard InChI is InChI=1S/C30H32N4O4/c1-3-8-27-32-28-20(2)17-23(31-29(35)33-15-6-7-16-33)18-25(28)34(27)19-21-11-13-22(14-12-21)24-9-4-5-10-26(24)38-30(36)37/h4-5,9-14,17-18H,3,6-8,15-16,19H2,1-2H3,(H,31,35)(H,36,37). The Bertz CT molecular complexity index is 1470. The van der Waals surface area contributed by atoms with Crippen molar-refractivity contribution in [2.75, 3.05) is 18.4 Å². The number of anilines is 1. The maximum Gasteiger partial charge on any atom is 0.511 e. The number of carboxylic acid groups (broad SMARTS) is 1. The van der Waals surface area contributed by atoms with Crippen molar-refractivity contribution in [2.24, 2.45) is 0 Å². The number of rotatable bonds is 7.